The summed E-state index contributed by atoms with van der Waals surface area (Å²) in [6.07, 6.45) is -14.4. The maximum atomic E-state index is 14.9. The third kappa shape index (κ3) is 6.42. The van der Waals surface area contributed by atoms with Crippen LogP contribution in [0.3, 0.4) is 0 Å². The minimum absolute atomic E-state index is 0.0751. The van der Waals surface area contributed by atoms with E-state index in [2.05, 4.69) is 35.7 Å². The predicted molar refractivity (Wildman–Crippen MR) is 113 cm³/mol. The minimum atomic E-state index is -4.98. The topological polar surface area (TPSA) is 128 Å². The third-order valence-electron chi connectivity index (χ3n) is 5.08. The van der Waals surface area contributed by atoms with E-state index < -0.39 is 55.1 Å². The second kappa shape index (κ2) is 10.2. The number of halogens is 7. The number of carbonyl (C=O) groups excluding carboxylic acids is 1. The molecule has 0 aliphatic carbocycles. The Hall–Kier alpha value is -3.67. The molecule has 0 aromatic carbocycles. The number of aromatic amines is 1. The largest absolute Gasteiger partial charge is 0.522 e. The summed E-state index contributed by atoms with van der Waals surface area (Å²) in [6.45, 7) is 2.08. The van der Waals surface area contributed by atoms with Gasteiger partial charge < -0.3 is 20.1 Å². The number of aromatic nitrogens is 5. The molecule has 0 unspecified atom stereocenters. The number of rotatable bonds is 7. The van der Waals surface area contributed by atoms with Crippen LogP contribution in [0.15, 0.2) is 18.3 Å². The molecule has 3 N–H and O–H groups in total. The number of amides is 1. The van der Waals surface area contributed by atoms with Crippen molar-refractivity contribution >= 4 is 23.2 Å². The van der Waals surface area contributed by atoms with Crippen molar-refractivity contribution in [1.29, 1.82) is 0 Å². The molecule has 11 nitrogen and oxygen atoms in total. The number of carbonyl (C=O) groups is 1. The molecule has 0 radical (unpaired) electrons. The van der Waals surface area contributed by atoms with Crippen LogP contribution in [0.2, 0.25) is 0 Å². The number of alkyl carbamates (subject to hydrolysis) is 1. The predicted octanol–water partition coefficient (Wildman–Crippen LogP) is 4.16. The lowest BCUT2D eigenvalue weighted by Gasteiger charge is -2.16. The molecule has 0 spiro atoms. The first-order valence-electron chi connectivity index (χ1n) is 10.9. The number of alkyl halides is 7. The van der Waals surface area contributed by atoms with Crippen molar-refractivity contribution < 1.29 is 49.7 Å². The molecule has 1 amide bonds. The highest BCUT2D eigenvalue weighted by atomic mass is 19.4. The SMILES string of the molecule is CC(C)NC(=O)O[C@H]1CO[C@@H](c2cc(Nc3nc(C(F)(F)F)cn4nc(COC(F)(F)F)cc34)n[nH]2)[C@H]1F. The number of anilines is 2. The lowest BCUT2D eigenvalue weighted by atomic mass is 10.1. The van der Waals surface area contributed by atoms with Gasteiger partial charge in [-0.25, -0.2) is 18.7 Å². The Morgan fingerprint density at radius 2 is 2.00 bits per heavy atom. The van der Waals surface area contributed by atoms with Crippen molar-refractivity contribution in [2.45, 2.75) is 57.4 Å². The Morgan fingerprint density at radius 3 is 2.66 bits per heavy atom. The number of nitrogens with zero attached hydrogens (tertiary/aromatic N) is 4. The first-order chi connectivity index (χ1) is 17.7. The molecule has 1 aliphatic heterocycles. The van der Waals surface area contributed by atoms with Crippen molar-refractivity contribution in [3.8, 4) is 0 Å². The lowest BCUT2D eigenvalue weighted by Crippen LogP contribution is -2.36. The fourth-order valence-electron chi connectivity index (χ4n) is 3.51. The number of nitrogens with one attached hydrogen (secondary N) is 3. The Morgan fingerprint density at radius 1 is 1.26 bits per heavy atom. The smallest absolute Gasteiger partial charge is 0.441 e. The highest BCUT2D eigenvalue weighted by Crippen LogP contribution is 2.35. The molecule has 0 bridgehead atoms. The van der Waals surface area contributed by atoms with Crippen LogP contribution in [0, 0.1) is 0 Å². The third-order valence-corrected chi connectivity index (χ3v) is 5.08. The first-order valence-corrected chi connectivity index (χ1v) is 10.9. The number of hydrogen-bond donors (Lipinski definition) is 3. The van der Waals surface area contributed by atoms with Gasteiger partial charge in [0.2, 0.25) is 0 Å². The zero-order chi connectivity index (χ0) is 27.8. The number of H-pyrrole nitrogens is 1. The van der Waals surface area contributed by atoms with E-state index >= 15 is 0 Å². The van der Waals surface area contributed by atoms with Crippen molar-refractivity contribution in [3.05, 3.63) is 35.4 Å². The van der Waals surface area contributed by atoms with Crippen molar-refractivity contribution in [3.63, 3.8) is 0 Å². The van der Waals surface area contributed by atoms with Crippen LogP contribution >= 0.6 is 0 Å². The zero-order valence-corrected chi connectivity index (χ0v) is 19.5. The van der Waals surface area contributed by atoms with E-state index in [-0.39, 0.29) is 35.4 Å². The molecule has 18 heteroatoms. The van der Waals surface area contributed by atoms with Gasteiger partial charge in [0, 0.05) is 12.1 Å². The second-order valence-corrected chi connectivity index (χ2v) is 8.45. The van der Waals surface area contributed by atoms with Gasteiger partial charge in [0.25, 0.3) is 0 Å². The molecule has 3 aromatic rings. The van der Waals surface area contributed by atoms with E-state index in [0.29, 0.717) is 10.7 Å². The second-order valence-electron chi connectivity index (χ2n) is 8.45. The number of hydrogen-bond acceptors (Lipinski definition) is 8. The lowest BCUT2D eigenvalue weighted by molar-refractivity contribution is -0.330. The maximum absolute atomic E-state index is 14.9. The molecule has 3 atom stereocenters. The molecular weight excluding hydrogens is 535 g/mol. The van der Waals surface area contributed by atoms with Crippen LogP contribution < -0.4 is 10.6 Å². The summed E-state index contributed by atoms with van der Waals surface area (Å²) in [5.41, 5.74) is -1.75. The van der Waals surface area contributed by atoms with Crippen LogP contribution in [0.4, 0.5) is 47.2 Å². The van der Waals surface area contributed by atoms with Crippen molar-refractivity contribution in [2.24, 2.45) is 0 Å². The maximum Gasteiger partial charge on any atom is 0.522 e. The van der Waals surface area contributed by atoms with Crippen LogP contribution in [-0.4, -0.2) is 62.2 Å². The minimum Gasteiger partial charge on any atom is -0.441 e. The quantitative estimate of drug-likeness (QED) is 0.371. The molecule has 1 fully saturated rings. The van der Waals surface area contributed by atoms with Crippen molar-refractivity contribution in [1.82, 2.24) is 30.1 Å². The Labute approximate surface area is 208 Å². The van der Waals surface area contributed by atoms with Crippen LogP contribution in [0.1, 0.15) is 37.0 Å². The van der Waals surface area contributed by atoms with Crippen molar-refractivity contribution in [2.75, 3.05) is 11.9 Å². The summed E-state index contributed by atoms with van der Waals surface area (Å²) < 4.78 is 107. The fraction of sp³-hybridized carbons (Fsp3) is 0.500. The van der Waals surface area contributed by atoms with E-state index in [1.165, 1.54) is 6.07 Å². The molecule has 1 saturated heterocycles. The van der Waals surface area contributed by atoms with Gasteiger partial charge in [-0.1, -0.05) is 0 Å². The number of ether oxygens (including phenoxy) is 3. The summed E-state index contributed by atoms with van der Waals surface area (Å²) in [7, 11) is 0. The molecule has 4 heterocycles. The van der Waals surface area contributed by atoms with Gasteiger partial charge in [0.1, 0.15) is 18.2 Å². The summed E-state index contributed by atoms with van der Waals surface area (Å²) in [5.74, 6) is -0.555. The fourth-order valence-corrected chi connectivity index (χ4v) is 3.51. The summed E-state index contributed by atoms with van der Waals surface area (Å²) in [6, 6.07) is 2.05. The molecule has 38 heavy (non-hydrogen) atoms. The van der Waals surface area contributed by atoms with E-state index in [1.807, 2.05) is 0 Å². The van der Waals surface area contributed by atoms with E-state index in [1.54, 1.807) is 13.8 Å². The summed E-state index contributed by atoms with van der Waals surface area (Å²) in [4.78, 5) is 15.3. The van der Waals surface area contributed by atoms with E-state index in [9.17, 15) is 35.5 Å². The van der Waals surface area contributed by atoms with Gasteiger partial charge >= 0.3 is 18.6 Å². The highest BCUT2D eigenvalue weighted by molar-refractivity contribution is 5.72. The molecule has 1 aliphatic rings. The monoisotopic (exact) mass is 555 g/mol. The standard InChI is InChI=1S/C20H20F7N7O4/c1-8(2)28-18(35)38-12-7-36-16(15(12)21)10-4-14(32-31-10)30-17-11-3-9(6-37-20(25,26)27)33-34(11)5-13(29-17)19(22,23)24/h3-5,8,12,15-16H,6-7H2,1-2H3,(H,28,35)(H2,29,30,31,32)/t12-,15-,16-/m0/s1. The number of fused-ring (bicyclic) bond motifs is 1. The van der Waals surface area contributed by atoms with Crippen LogP contribution in [0.25, 0.3) is 5.52 Å². The molecule has 0 saturated carbocycles. The van der Waals surface area contributed by atoms with E-state index in [0.717, 1.165) is 6.07 Å². The van der Waals surface area contributed by atoms with Gasteiger partial charge in [-0.05, 0) is 19.9 Å². The van der Waals surface area contributed by atoms with Crippen LogP contribution in [0.5, 0.6) is 0 Å². The molecule has 3 aromatic heterocycles. The van der Waals surface area contributed by atoms with Gasteiger partial charge in [0.05, 0.1) is 24.2 Å². The highest BCUT2D eigenvalue weighted by Gasteiger charge is 2.42. The molecule has 4 rings (SSSR count). The Bertz CT molecular complexity index is 1290. The summed E-state index contributed by atoms with van der Waals surface area (Å²) >= 11 is 0. The normalized spacial score (nSPS) is 20.3. The van der Waals surface area contributed by atoms with E-state index in [4.69, 9.17) is 9.47 Å². The van der Waals surface area contributed by atoms with Gasteiger partial charge in [0.15, 0.2) is 29.6 Å². The molecular formula is C20H20F7N7O4. The Balaban J connectivity index is 1.54. The zero-order valence-electron chi connectivity index (χ0n) is 19.5. The Kier molecular flexibility index (Phi) is 7.37. The summed E-state index contributed by atoms with van der Waals surface area (Å²) in [5, 5.41) is 15.0. The van der Waals surface area contributed by atoms with Gasteiger partial charge in [-0.3, -0.25) is 9.84 Å². The van der Waals surface area contributed by atoms with Gasteiger partial charge in [-0.2, -0.15) is 23.4 Å². The van der Waals surface area contributed by atoms with Gasteiger partial charge in [-0.15, -0.1) is 13.2 Å². The average Bonchev–Trinajstić information content (AvgIpc) is 3.50. The average molecular weight is 555 g/mol. The first kappa shape index (κ1) is 27.4. The van der Waals surface area contributed by atoms with Crippen LogP contribution in [-0.2, 0) is 27.0 Å². The molecule has 208 valence electrons.